The molecule has 1 aromatic heterocycles. The van der Waals surface area contributed by atoms with Gasteiger partial charge in [0.25, 0.3) is 0 Å². The molecule has 0 aliphatic carbocycles. The lowest BCUT2D eigenvalue weighted by Crippen LogP contribution is -2.31. The van der Waals surface area contributed by atoms with Gasteiger partial charge in [0.2, 0.25) is 0 Å². The first-order chi connectivity index (χ1) is 10.7. The van der Waals surface area contributed by atoms with Crippen molar-refractivity contribution >= 4 is 11.6 Å². The summed E-state index contributed by atoms with van der Waals surface area (Å²) >= 11 is 5.99. The highest BCUT2D eigenvalue weighted by molar-refractivity contribution is 6.30. The van der Waals surface area contributed by atoms with E-state index in [2.05, 4.69) is 22.1 Å². The molecule has 0 radical (unpaired) electrons. The molecule has 1 aromatic carbocycles. The topological polar surface area (TPSA) is 54.2 Å². The van der Waals surface area contributed by atoms with Crippen LogP contribution in [0, 0.1) is 6.92 Å². The van der Waals surface area contributed by atoms with E-state index in [-0.39, 0.29) is 12.6 Å². The van der Waals surface area contributed by atoms with E-state index in [1.807, 2.05) is 29.1 Å². The van der Waals surface area contributed by atoms with Gasteiger partial charge in [-0.2, -0.15) is 0 Å². The highest BCUT2D eigenvalue weighted by atomic mass is 35.5. The maximum Gasteiger partial charge on any atom is 0.0967 e. The lowest BCUT2D eigenvalue weighted by atomic mass is 10.1. The Kier molecular flexibility index (Phi) is 4.76. The summed E-state index contributed by atoms with van der Waals surface area (Å²) in [7, 11) is 0. The second-order valence-corrected chi connectivity index (χ2v) is 6.36. The highest BCUT2D eigenvalue weighted by Crippen LogP contribution is 2.19. The number of benzene rings is 1. The molecule has 3 rings (SSSR count). The number of aryl methyl sites for hydroxylation is 1. The number of aromatic nitrogens is 3. The summed E-state index contributed by atoms with van der Waals surface area (Å²) in [5.74, 6) is 0. The van der Waals surface area contributed by atoms with Crippen LogP contribution < -0.4 is 0 Å². The number of hydrogen-bond acceptors (Lipinski definition) is 4. The lowest BCUT2D eigenvalue weighted by molar-refractivity contribution is 0.152. The molecule has 1 aliphatic heterocycles. The van der Waals surface area contributed by atoms with Crippen molar-refractivity contribution in [1.82, 2.24) is 19.9 Å². The number of aliphatic hydroxyl groups excluding tert-OH is 1. The third-order valence-electron chi connectivity index (χ3n) is 4.30. The molecule has 0 amide bonds. The summed E-state index contributed by atoms with van der Waals surface area (Å²) in [4.78, 5) is 2.28. The standard InChI is InChI=1S/C16H21ClN4O/c1-12-7-14(17)5-4-13(12)8-21-10-15(18-19-21)9-20-6-2-3-16(20)11-22/h4-5,7,10,16,22H,2-3,6,8-9,11H2,1H3. The molecular formula is C16H21ClN4O. The Labute approximate surface area is 135 Å². The molecule has 1 fully saturated rings. The van der Waals surface area contributed by atoms with Crippen LogP contribution in [0.5, 0.6) is 0 Å². The van der Waals surface area contributed by atoms with Crippen molar-refractivity contribution in [2.45, 2.75) is 38.9 Å². The summed E-state index contributed by atoms with van der Waals surface area (Å²) in [6, 6.07) is 6.16. The molecule has 0 bridgehead atoms. The zero-order chi connectivity index (χ0) is 15.5. The van der Waals surface area contributed by atoms with Crippen molar-refractivity contribution < 1.29 is 5.11 Å². The lowest BCUT2D eigenvalue weighted by Gasteiger charge is -2.20. The maximum absolute atomic E-state index is 9.37. The molecule has 0 spiro atoms. The van der Waals surface area contributed by atoms with E-state index >= 15 is 0 Å². The predicted molar refractivity (Wildman–Crippen MR) is 85.8 cm³/mol. The molecule has 2 heterocycles. The van der Waals surface area contributed by atoms with Crippen molar-refractivity contribution in [2.24, 2.45) is 0 Å². The van der Waals surface area contributed by atoms with Crippen molar-refractivity contribution in [2.75, 3.05) is 13.2 Å². The van der Waals surface area contributed by atoms with Crippen molar-refractivity contribution in [1.29, 1.82) is 0 Å². The SMILES string of the molecule is Cc1cc(Cl)ccc1Cn1cc(CN2CCCC2CO)nn1. The molecule has 1 unspecified atom stereocenters. The van der Waals surface area contributed by atoms with Gasteiger partial charge in [0.1, 0.15) is 0 Å². The first kappa shape index (κ1) is 15.5. The maximum atomic E-state index is 9.37. The van der Waals surface area contributed by atoms with Crippen LogP contribution in [0.1, 0.15) is 29.7 Å². The monoisotopic (exact) mass is 320 g/mol. The Hall–Kier alpha value is -1.43. The Morgan fingerprint density at radius 3 is 3.00 bits per heavy atom. The van der Waals surface area contributed by atoms with Gasteiger partial charge >= 0.3 is 0 Å². The van der Waals surface area contributed by atoms with Crippen LogP contribution in [0.25, 0.3) is 0 Å². The van der Waals surface area contributed by atoms with Gasteiger partial charge in [0, 0.05) is 17.6 Å². The third-order valence-corrected chi connectivity index (χ3v) is 4.53. The number of nitrogens with zero attached hydrogens (tertiary/aromatic N) is 4. The summed E-state index contributed by atoms with van der Waals surface area (Å²) < 4.78 is 1.86. The fourth-order valence-corrected chi connectivity index (χ4v) is 3.24. The first-order valence-corrected chi connectivity index (χ1v) is 8.02. The number of aliphatic hydroxyl groups is 1. The predicted octanol–water partition coefficient (Wildman–Crippen LogP) is 2.24. The average Bonchev–Trinajstić information content (AvgIpc) is 3.12. The van der Waals surface area contributed by atoms with Crippen LogP contribution in [-0.2, 0) is 13.1 Å². The van der Waals surface area contributed by atoms with Gasteiger partial charge in [-0.05, 0) is 49.6 Å². The van der Waals surface area contributed by atoms with E-state index in [1.165, 1.54) is 5.56 Å². The Morgan fingerprint density at radius 2 is 2.23 bits per heavy atom. The Balaban J connectivity index is 1.66. The highest BCUT2D eigenvalue weighted by Gasteiger charge is 2.24. The zero-order valence-electron chi connectivity index (χ0n) is 12.7. The minimum Gasteiger partial charge on any atom is -0.395 e. The molecule has 0 saturated carbocycles. The van der Waals surface area contributed by atoms with Gasteiger partial charge in [-0.1, -0.05) is 22.9 Å². The fraction of sp³-hybridized carbons (Fsp3) is 0.500. The van der Waals surface area contributed by atoms with Crippen LogP contribution >= 0.6 is 11.6 Å². The van der Waals surface area contributed by atoms with Crippen molar-refractivity contribution in [3.8, 4) is 0 Å². The Morgan fingerprint density at radius 1 is 1.36 bits per heavy atom. The molecule has 5 nitrogen and oxygen atoms in total. The van der Waals surface area contributed by atoms with Crippen molar-refractivity contribution in [3.05, 3.63) is 46.2 Å². The number of rotatable bonds is 5. The van der Waals surface area contributed by atoms with Gasteiger partial charge < -0.3 is 5.11 Å². The van der Waals surface area contributed by atoms with Gasteiger partial charge in [-0.15, -0.1) is 5.10 Å². The average molecular weight is 321 g/mol. The first-order valence-electron chi connectivity index (χ1n) is 7.64. The van der Waals surface area contributed by atoms with E-state index in [0.717, 1.165) is 42.2 Å². The summed E-state index contributed by atoms with van der Waals surface area (Å²) in [5.41, 5.74) is 3.30. The van der Waals surface area contributed by atoms with E-state index in [1.54, 1.807) is 0 Å². The van der Waals surface area contributed by atoms with Crippen LogP contribution in [0.4, 0.5) is 0 Å². The molecule has 1 saturated heterocycles. The molecule has 2 aromatic rings. The number of hydrogen-bond donors (Lipinski definition) is 1. The molecule has 1 atom stereocenters. The molecule has 1 N–H and O–H groups in total. The number of likely N-dealkylation sites (tertiary alicyclic amines) is 1. The van der Waals surface area contributed by atoms with Crippen molar-refractivity contribution in [3.63, 3.8) is 0 Å². The fourth-order valence-electron chi connectivity index (χ4n) is 3.02. The van der Waals surface area contributed by atoms with E-state index in [0.29, 0.717) is 6.54 Å². The van der Waals surface area contributed by atoms with Crippen LogP contribution in [-0.4, -0.2) is 44.2 Å². The number of halogens is 1. The quantitative estimate of drug-likeness (QED) is 0.918. The molecular weight excluding hydrogens is 300 g/mol. The second kappa shape index (κ2) is 6.77. The molecule has 6 heteroatoms. The van der Waals surface area contributed by atoms with Crippen LogP contribution in [0.3, 0.4) is 0 Å². The zero-order valence-corrected chi connectivity index (χ0v) is 13.5. The van der Waals surface area contributed by atoms with Gasteiger partial charge in [0.15, 0.2) is 0 Å². The Bertz CT molecular complexity index is 643. The minimum atomic E-state index is 0.220. The second-order valence-electron chi connectivity index (χ2n) is 5.93. The summed E-state index contributed by atoms with van der Waals surface area (Å²) in [6.45, 7) is 4.74. The molecule has 1 aliphatic rings. The molecule has 118 valence electrons. The van der Waals surface area contributed by atoms with E-state index in [9.17, 15) is 5.11 Å². The normalized spacial score (nSPS) is 19.0. The smallest absolute Gasteiger partial charge is 0.0967 e. The van der Waals surface area contributed by atoms with Crippen LogP contribution in [0.15, 0.2) is 24.4 Å². The van der Waals surface area contributed by atoms with Gasteiger partial charge in [0.05, 0.1) is 25.0 Å². The largest absolute Gasteiger partial charge is 0.395 e. The molecule has 22 heavy (non-hydrogen) atoms. The summed E-state index contributed by atoms with van der Waals surface area (Å²) in [5, 5.41) is 18.6. The van der Waals surface area contributed by atoms with Gasteiger partial charge in [-0.25, -0.2) is 4.68 Å². The minimum absolute atomic E-state index is 0.220. The third kappa shape index (κ3) is 3.48. The van der Waals surface area contributed by atoms with Crippen LogP contribution in [0.2, 0.25) is 5.02 Å². The van der Waals surface area contributed by atoms with E-state index < -0.39 is 0 Å². The van der Waals surface area contributed by atoms with Gasteiger partial charge in [-0.3, -0.25) is 4.90 Å². The summed E-state index contributed by atoms with van der Waals surface area (Å²) in [6.07, 6.45) is 4.19. The van der Waals surface area contributed by atoms with E-state index in [4.69, 9.17) is 11.6 Å².